The van der Waals surface area contributed by atoms with Gasteiger partial charge in [0.1, 0.15) is 18.1 Å². The minimum absolute atomic E-state index is 0.0219. The molecule has 9 nitrogen and oxygen atoms in total. The Labute approximate surface area is 248 Å². The van der Waals surface area contributed by atoms with E-state index in [2.05, 4.69) is 46.2 Å². The smallest absolute Gasteiger partial charge is 0.291 e. The van der Waals surface area contributed by atoms with Gasteiger partial charge in [-0.3, -0.25) is 9.52 Å². The summed E-state index contributed by atoms with van der Waals surface area (Å²) >= 11 is 5.68. The van der Waals surface area contributed by atoms with Gasteiger partial charge in [0.05, 0.1) is 4.90 Å². The molecule has 2 heterocycles. The van der Waals surface area contributed by atoms with E-state index in [0.717, 1.165) is 5.56 Å². The number of rotatable bonds is 10. The molecule has 1 amide bonds. The summed E-state index contributed by atoms with van der Waals surface area (Å²) in [7, 11) is -3.91. The highest BCUT2D eigenvalue weighted by molar-refractivity contribution is 7.92. The third-order valence-corrected chi connectivity index (χ3v) is 8.20. The van der Waals surface area contributed by atoms with E-state index in [-0.39, 0.29) is 33.6 Å². The summed E-state index contributed by atoms with van der Waals surface area (Å²) in [4.78, 5) is 12.7. The second-order valence-corrected chi connectivity index (χ2v) is 12.0. The topological polar surface area (TPSA) is 123 Å². The van der Waals surface area contributed by atoms with E-state index in [1.165, 1.54) is 42.0 Å². The van der Waals surface area contributed by atoms with E-state index in [1.807, 2.05) is 42.5 Å². The maximum Gasteiger partial charge on any atom is 0.291 e. The largest absolute Gasteiger partial charge is 0.486 e. The van der Waals surface area contributed by atoms with Crippen molar-refractivity contribution in [1.82, 2.24) is 10.2 Å². The average molecular weight is 603 g/mol. The molecule has 0 radical (unpaired) electrons. The molecular formula is C31H27ClN4O5S. The highest BCUT2D eigenvalue weighted by Gasteiger charge is 2.23. The van der Waals surface area contributed by atoms with Crippen LogP contribution in [0, 0.1) is 0 Å². The number of furan rings is 1. The molecule has 0 fully saturated rings. The van der Waals surface area contributed by atoms with Crippen molar-refractivity contribution in [3.63, 3.8) is 0 Å². The van der Waals surface area contributed by atoms with Gasteiger partial charge in [-0.2, -0.15) is 0 Å². The number of nitrogens with one attached hydrogen (secondary N) is 2. The van der Waals surface area contributed by atoms with Gasteiger partial charge in [0.15, 0.2) is 16.7 Å². The molecule has 42 heavy (non-hydrogen) atoms. The first-order valence-electron chi connectivity index (χ1n) is 12.9. The minimum atomic E-state index is -3.91. The number of halogens is 1. The molecule has 11 heteroatoms. The van der Waals surface area contributed by atoms with Crippen LogP contribution in [0.2, 0.25) is 5.15 Å². The number of aromatic nitrogens is 2. The third-order valence-electron chi connectivity index (χ3n) is 6.63. The summed E-state index contributed by atoms with van der Waals surface area (Å²) in [6.07, 6.45) is 0. The maximum absolute atomic E-state index is 12.7. The lowest BCUT2D eigenvalue weighted by molar-refractivity contribution is 0.0992. The molecule has 0 saturated heterocycles. The summed E-state index contributed by atoms with van der Waals surface area (Å²) in [5, 5.41) is 10.1. The van der Waals surface area contributed by atoms with E-state index in [0.29, 0.717) is 17.2 Å². The van der Waals surface area contributed by atoms with Crippen LogP contribution in [-0.2, 0) is 22.0 Å². The summed E-state index contributed by atoms with van der Waals surface area (Å²) in [5.74, 6) is 0.787. The van der Waals surface area contributed by atoms with Crippen molar-refractivity contribution in [2.75, 3.05) is 10.0 Å². The van der Waals surface area contributed by atoms with Crippen molar-refractivity contribution < 1.29 is 22.4 Å². The van der Waals surface area contributed by atoms with E-state index in [9.17, 15) is 13.2 Å². The molecular weight excluding hydrogens is 576 g/mol. The Kier molecular flexibility index (Phi) is 8.28. The van der Waals surface area contributed by atoms with Crippen LogP contribution in [0.4, 0.5) is 11.5 Å². The van der Waals surface area contributed by atoms with E-state index >= 15 is 0 Å². The fraction of sp³-hybridized carbons (Fsp3) is 0.129. The fourth-order valence-corrected chi connectivity index (χ4v) is 5.30. The Bertz CT molecular complexity index is 1770. The molecule has 0 atom stereocenters. The standard InChI is InChI=1S/C31H27ClN4O5S/c1-31(2,21-6-4-3-5-7-21)22-8-12-24(13-9-22)40-20-25-14-17-27(41-25)30(37)33-23-10-15-26(16-11-23)42(38,39)36-29-19-18-28(32)34-35-29/h3-19H,20H2,1-2H3,(H,33,37)(H,35,36). The van der Waals surface area contributed by atoms with Gasteiger partial charge in [0.2, 0.25) is 0 Å². The van der Waals surface area contributed by atoms with Gasteiger partial charge in [-0.1, -0.05) is 67.9 Å². The predicted molar refractivity (Wildman–Crippen MR) is 160 cm³/mol. The van der Waals surface area contributed by atoms with Crippen LogP contribution in [0.1, 0.15) is 41.3 Å². The summed E-state index contributed by atoms with van der Waals surface area (Å²) in [5.41, 5.74) is 2.62. The lowest BCUT2D eigenvalue weighted by Crippen LogP contribution is -2.18. The third kappa shape index (κ3) is 6.79. The molecule has 5 rings (SSSR count). The van der Waals surface area contributed by atoms with Gasteiger partial charge in [-0.15, -0.1) is 10.2 Å². The first-order chi connectivity index (χ1) is 20.1. The molecule has 214 valence electrons. The second kappa shape index (κ2) is 12.1. The van der Waals surface area contributed by atoms with Crippen molar-refractivity contribution in [3.8, 4) is 5.75 Å². The number of nitrogens with zero attached hydrogens (tertiary/aromatic N) is 2. The van der Waals surface area contributed by atoms with Crippen LogP contribution in [-0.4, -0.2) is 24.5 Å². The minimum Gasteiger partial charge on any atom is -0.486 e. The number of benzene rings is 3. The summed E-state index contributed by atoms with van der Waals surface area (Å²) in [6, 6.07) is 29.9. The quantitative estimate of drug-likeness (QED) is 0.183. The normalized spacial score (nSPS) is 11.6. The molecule has 5 aromatic rings. The van der Waals surface area contributed by atoms with Crippen LogP contribution in [0.15, 0.2) is 112 Å². The summed E-state index contributed by atoms with van der Waals surface area (Å²) < 4.78 is 39.0. The van der Waals surface area contributed by atoms with Crippen molar-refractivity contribution in [3.05, 3.63) is 131 Å². The predicted octanol–water partition coefficient (Wildman–Crippen LogP) is 6.68. The monoisotopic (exact) mass is 602 g/mol. The fourth-order valence-electron chi connectivity index (χ4n) is 4.20. The second-order valence-electron chi connectivity index (χ2n) is 9.90. The highest BCUT2D eigenvalue weighted by Crippen LogP contribution is 2.32. The van der Waals surface area contributed by atoms with Crippen LogP contribution < -0.4 is 14.8 Å². The van der Waals surface area contributed by atoms with Crippen LogP contribution in [0.3, 0.4) is 0 Å². The van der Waals surface area contributed by atoms with Gasteiger partial charge < -0.3 is 14.5 Å². The molecule has 2 N–H and O–H groups in total. The van der Waals surface area contributed by atoms with E-state index < -0.39 is 15.9 Å². The SMILES string of the molecule is CC(C)(c1ccccc1)c1ccc(OCc2ccc(C(=O)Nc3ccc(S(=O)(=O)Nc4ccc(Cl)nn4)cc3)o2)cc1. The highest BCUT2D eigenvalue weighted by atomic mass is 35.5. The van der Waals surface area contributed by atoms with Crippen LogP contribution in [0.25, 0.3) is 0 Å². The van der Waals surface area contributed by atoms with Gasteiger partial charge in [0, 0.05) is 11.1 Å². The van der Waals surface area contributed by atoms with Crippen molar-refractivity contribution in [2.24, 2.45) is 0 Å². The lowest BCUT2D eigenvalue weighted by atomic mass is 9.78. The first kappa shape index (κ1) is 28.8. The van der Waals surface area contributed by atoms with E-state index in [4.69, 9.17) is 20.8 Å². The molecule has 2 aromatic heterocycles. The zero-order valence-electron chi connectivity index (χ0n) is 22.7. The Hall–Kier alpha value is -4.67. The van der Waals surface area contributed by atoms with Gasteiger partial charge in [-0.05, 0) is 71.8 Å². The van der Waals surface area contributed by atoms with E-state index in [1.54, 1.807) is 12.1 Å². The molecule has 0 aliphatic rings. The average Bonchev–Trinajstić information content (AvgIpc) is 3.48. The first-order valence-corrected chi connectivity index (χ1v) is 14.8. The number of sulfonamides is 1. The molecule has 0 spiro atoms. The Balaban J connectivity index is 1.15. The van der Waals surface area contributed by atoms with Crippen molar-refractivity contribution >= 4 is 39.0 Å². The Morgan fingerprint density at radius 3 is 2.21 bits per heavy atom. The van der Waals surface area contributed by atoms with Crippen molar-refractivity contribution in [1.29, 1.82) is 0 Å². The van der Waals surface area contributed by atoms with Gasteiger partial charge in [0.25, 0.3) is 15.9 Å². The lowest BCUT2D eigenvalue weighted by Gasteiger charge is -2.26. The maximum atomic E-state index is 12.7. The molecule has 0 saturated carbocycles. The molecule has 3 aromatic carbocycles. The summed E-state index contributed by atoms with van der Waals surface area (Å²) in [6.45, 7) is 4.51. The van der Waals surface area contributed by atoms with Crippen LogP contribution >= 0.6 is 11.6 Å². The number of amides is 1. The van der Waals surface area contributed by atoms with Crippen molar-refractivity contribution in [2.45, 2.75) is 30.8 Å². The van der Waals surface area contributed by atoms with Gasteiger partial charge >= 0.3 is 0 Å². The number of hydrogen-bond acceptors (Lipinski definition) is 7. The molecule has 0 unspecified atom stereocenters. The molecule has 0 bridgehead atoms. The number of anilines is 2. The number of carbonyl (C=O) groups excluding carboxylic acids is 1. The number of hydrogen-bond donors (Lipinski definition) is 2. The van der Waals surface area contributed by atoms with Gasteiger partial charge in [-0.25, -0.2) is 8.42 Å². The zero-order chi connectivity index (χ0) is 29.7. The molecule has 0 aliphatic carbocycles. The zero-order valence-corrected chi connectivity index (χ0v) is 24.3. The Morgan fingerprint density at radius 2 is 1.55 bits per heavy atom. The number of ether oxygens (including phenoxy) is 1. The number of carbonyl (C=O) groups is 1. The van der Waals surface area contributed by atoms with Crippen LogP contribution in [0.5, 0.6) is 5.75 Å². The Morgan fingerprint density at radius 1 is 0.857 bits per heavy atom. The molecule has 0 aliphatic heterocycles.